The molecule has 0 spiro atoms. The lowest BCUT2D eigenvalue weighted by Gasteiger charge is -2.15. The zero-order valence-electron chi connectivity index (χ0n) is 17.9. The summed E-state index contributed by atoms with van der Waals surface area (Å²) in [5.41, 5.74) is 3.66. The third-order valence-electron chi connectivity index (χ3n) is 5.99. The number of fused-ring (bicyclic) bond motifs is 1. The van der Waals surface area contributed by atoms with Gasteiger partial charge in [0.25, 0.3) is 5.56 Å². The SMILES string of the molecule is O=C(O)c1ccc(-c2cnc(C3CCc4cc(-c5cc(Cl)ccc5-n5cnnn5)cc(=O)n43)[nH]2)s1. The van der Waals surface area contributed by atoms with Crippen LogP contribution >= 0.6 is 22.9 Å². The maximum atomic E-state index is 13.3. The van der Waals surface area contributed by atoms with E-state index in [1.165, 1.54) is 22.3 Å². The number of carboxylic acid groups (broad SMARTS) is 1. The maximum Gasteiger partial charge on any atom is 0.345 e. The fraction of sp³-hybridized carbons (Fsp3) is 0.130. The van der Waals surface area contributed by atoms with Crippen molar-refractivity contribution in [1.82, 2.24) is 34.7 Å². The Kier molecular flexibility index (Phi) is 5.08. The van der Waals surface area contributed by atoms with Gasteiger partial charge in [-0.05, 0) is 65.2 Å². The van der Waals surface area contributed by atoms with Crippen molar-refractivity contribution in [3.8, 4) is 27.4 Å². The first kappa shape index (κ1) is 21.4. The van der Waals surface area contributed by atoms with Crippen LogP contribution in [0.5, 0.6) is 0 Å². The van der Waals surface area contributed by atoms with E-state index in [9.17, 15) is 14.7 Å². The van der Waals surface area contributed by atoms with Crippen LogP contribution in [-0.2, 0) is 6.42 Å². The minimum Gasteiger partial charge on any atom is -0.477 e. The summed E-state index contributed by atoms with van der Waals surface area (Å²) >= 11 is 7.45. The molecule has 1 aliphatic rings. The number of nitrogens with zero attached hydrogens (tertiary/aromatic N) is 6. The van der Waals surface area contributed by atoms with E-state index in [0.29, 0.717) is 29.4 Å². The van der Waals surface area contributed by atoms with Gasteiger partial charge in [-0.15, -0.1) is 16.4 Å². The Labute approximate surface area is 206 Å². The molecule has 1 atom stereocenters. The largest absolute Gasteiger partial charge is 0.477 e. The van der Waals surface area contributed by atoms with E-state index in [0.717, 1.165) is 27.4 Å². The Morgan fingerprint density at radius 2 is 2.09 bits per heavy atom. The van der Waals surface area contributed by atoms with Crippen molar-refractivity contribution in [1.29, 1.82) is 0 Å². The Morgan fingerprint density at radius 1 is 1.20 bits per heavy atom. The predicted octanol–water partition coefficient (Wildman–Crippen LogP) is 3.83. The molecule has 0 saturated carbocycles. The number of carboxylic acids is 1. The number of imidazole rings is 1. The van der Waals surface area contributed by atoms with Gasteiger partial charge < -0.3 is 14.7 Å². The van der Waals surface area contributed by atoms with E-state index in [2.05, 4.69) is 25.5 Å². The van der Waals surface area contributed by atoms with Crippen molar-refractivity contribution >= 4 is 28.9 Å². The van der Waals surface area contributed by atoms with Crippen molar-refractivity contribution < 1.29 is 9.90 Å². The molecule has 2 N–H and O–H groups in total. The Hall–Kier alpha value is -4.09. The van der Waals surface area contributed by atoms with Gasteiger partial charge in [0.15, 0.2) is 0 Å². The number of aryl methyl sites for hydroxylation is 1. The molecule has 1 aliphatic heterocycles. The predicted molar refractivity (Wildman–Crippen MR) is 129 cm³/mol. The van der Waals surface area contributed by atoms with Crippen LogP contribution < -0.4 is 5.56 Å². The first-order valence-corrected chi connectivity index (χ1v) is 11.8. The van der Waals surface area contributed by atoms with Crippen LogP contribution in [0.4, 0.5) is 0 Å². The highest BCUT2D eigenvalue weighted by molar-refractivity contribution is 7.17. The average Bonchev–Trinajstić information content (AvgIpc) is 3.64. The van der Waals surface area contributed by atoms with E-state index in [1.807, 2.05) is 12.1 Å². The van der Waals surface area contributed by atoms with E-state index in [1.54, 1.807) is 41.1 Å². The number of hydrogen-bond acceptors (Lipinski definition) is 7. The van der Waals surface area contributed by atoms with Gasteiger partial charge in [-0.2, -0.15) is 4.68 Å². The Balaban J connectivity index is 1.37. The number of benzene rings is 1. The summed E-state index contributed by atoms with van der Waals surface area (Å²) in [5, 5.41) is 21.1. The first-order chi connectivity index (χ1) is 17.0. The molecular weight excluding hydrogens is 490 g/mol. The third-order valence-corrected chi connectivity index (χ3v) is 7.33. The molecule has 174 valence electrons. The smallest absolute Gasteiger partial charge is 0.345 e. The molecule has 5 heterocycles. The van der Waals surface area contributed by atoms with Gasteiger partial charge in [0.1, 0.15) is 17.0 Å². The number of hydrogen-bond donors (Lipinski definition) is 2. The lowest BCUT2D eigenvalue weighted by Crippen LogP contribution is -2.23. The van der Waals surface area contributed by atoms with Gasteiger partial charge in [-0.3, -0.25) is 4.79 Å². The lowest BCUT2D eigenvalue weighted by atomic mass is 10.0. The minimum atomic E-state index is -0.962. The third kappa shape index (κ3) is 3.74. The number of aromatic amines is 1. The number of aromatic carboxylic acids is 1. The van der Waals surface area contributed by atoms with Gasteiger partial charge in [0, 0.05) is 22.3 Å². The van der Waals surface area contributed by atoms with Crippen LogP contribution in [0, 0.1) is 0 Å². The summed E-state index contributed by atoms with van der Waals surface area (Å²) in [4.78, 5) is 33.3. The highest BCUT2D eigenvalue weighted by Crippen LogP contribution is 2.35. The van der Waals surface area contributed by atoms with Gasteiger partial charge in [0.2, 0.25) is 0 Å². The topological polar surface area (TPSA) is 132 Å². The van der Waals surface area contributed by atoms with Crippen LogP contribution in [-0.4, -0.2) is 45.8 Å². The molecule has 5 aromatic rings. The van der Waals surface area contributed by atoms with Crippen molar-refractivity contribution in [3.63, 3.8) is 0 Å². The molecular formula is C23H16ClN7O3S. The number of thiophene rings is 1. The van der Waals surface area contributed by atoms with Crippen LogP contribution in [0.2, 0.25) is 5.02 Å². The van der Waals surface area contributed by atoms with Crippen LogP contribution in [0.15, 0.2) is 59.8 Å². The molecule has 0 saturated heterocycles. The summed E-state index contributed by atoms with van der Waals surface area (Å²) in [6.45, 7) is 0. The number of rotatable bonds is 5. The normalized spacial score (nSPS) is 14.8. The second-order valence-corrected chi connectivity index (χ2v) is 9.59. The molecule has 12 heteroatoms. The standard InChI is InChI=1S/C23H16ClN7O3S/c24-13-1-3-17(30-11-26-28-29-30)15(9-13)12-7-14-2-4-18(31(14)21(32)8-12)22-25-10-16(27-22)19-5-6-20(35-19)23(33)34/h1,3,5-11,18H,2,4H2,(H,25,27)(H,33,34). The molecule has 6 rings (SSSR count). The fourth-order valence-electron chi connectivity index (χ4n) is 4.45. The summed E-state index contributed by atoms with van der Waals surface area (Å²) in [7, 11) is 0. The van der Waals surface area contributed by atoms with Crippen molar-refractivity contribution in [2.45, 2.75) is 18.9 Å². The quantitative estimate of drug-likeness (QED) is 0.371. The number of aromatic nitrogens is 7. The van der Waals surface area contributed by atoms with Crippen molar-refractivity contribution in [2.24, 2.45) is 0 Å². The van der Waals surface area contributed by atoms with E-state index in [4.69, 9.17) is 11.6 Å². The van der Waals surface area contributed by atoms with E-state index < -0.39 is 5.97 Å². The lowest BCUT2D eigenvalue weighted by molar-refractivity contribution is 0.0702. The first-order valence-electron chi connectivity index (χ1n) is 10.6. The number of pyridine rings is 1. The molecule has 1 unspecified atom stereocenters. The highest BCUT2D eigenvalue weighted by Gasteiger charge is 2.28. The maximum absolute atomic E-state index is 13.3. The second-order valence-electron chi connectivity index (χ2n) is 8.07. The number of H-pyrrole nitrogens is 1. The van der Waals surface area contributed by atoms with Gasteiger partial charge in [-0.25, -0.2) is 9.78 Å². The van der Waals surface area contributed by atoms with Crippen LogP contribution in [0.1, 0.15) is 33.7 Å². The summed E-state index contributed by atoms with van der Waals surface area (Å²) < 4.78 is 3.29. The Bertz CT molecular complexity index is 1640. The fourth-order valence-corrected chi connectivity index (χ4v) is 5.43. The molecule has 0 bridgehead atoms. The van der Waals surface area contributed by atoms with Crippen molar-refractivity contribution in [3.05, 3.63) is 86.8 Å². The molecule has 0 amide bonds. The van der Waals surface area contributed by atoms with Crippen LogP contribution in [0.3, 0.4) is 0 Å². The monoisotopic (exact) mass is 505 g/mol. The van der Waals surface area contributed by atoms with E-state index >= 15 is 0 Å². The molecule has 35 heavy (non-hydrogen) atoms. The molecule has 1 aromatic carbocycles. The zero-order valence-corrected chi connectivity index (χ0v) is 19.5. The summed E-state index contributed by atoms with van der Waals surface area (Å²) in [6, 6.07) is 12.0. The zero-order chi connectivity index (χ0) is 24.1. The molecule has 10 nitrogen and oxygen atoms in total. The number of halogens is 1. The van der Waals surface area contributed by atoms with E-state index in [-0.39, 0.29) is 16.5 Å². The Morgan fingerprint density at radius 3 is 2.86 bits per heavy atom. The number of carbonyl (C=O) groups is 1. The molecule has 0 aliphatic carbocycles. The van der Waals surface area contributed by atoms with Crippen molar-refractivity contribution in [2.75, 3.05) is 0 Å². The minimum absolute atomic E-state index is 0.148. The summed E-state index contributed by atoms with van der Waals surface area (Å²) in [6.07, 6.45) is 4.58. The number of tetrazole rings is 1. The molecule has 0 fully saturated rings. The van der Waals surface area contributed by atoms with Gasteiger partial charge >= 0.3 is 5.97 Å². The van der Waals surface area contributed by atoms with Gasteiger partial charge in [0.05, 0.1) is 28.5 Å². The highest BCUT2D eigenvalue weighted by atomic mass is 35.5. The average molecular weight is 506 g/mol. The molecule has 4 aromatic heterocycles. The van der Waals surface area contributed by atoms with Crippen LogP contribution in [0.25, 0.3) is 27.4 Å². The number of nitrogens with one attached hydrogen (secondary N) is 1. The molecule has 0 radical (unpaired) electrons. The summed E-state index contributed by atoms with van der Waals surface area (Å²) in [5.74, 6) is -0.299. The van der Waals surface area contributed by atoms with Gasteiger partial charge in [-0.1, -0.05) is 11.6 Å². The second kappa shape index (κ2) is 8.29.